The van der Waals surface area contributed by atoms with E-state index in [-0.39, 0.29) is 13.2 Å². The summed E-state index contributed by atoms with van der Waals surface area (Å²) in [6.07, 6.45) is -0.805. The molecular formula is C15H17NO5. The highest BCUT2D eigenvalue weighted by atomic mass is 16.6. The zero-order chi connectivity index (χ0) is 15.4. The Morgan fingerprint density at radius 3 is 2.67 bits per heavy atom. The summed E-state index contributed by atoms with van der Waals surface area (Å²) in [5.41, 5.74) is 0.768. The van der Waals surface area contributed by atoms with Gasteiger partial charge in [0, 0.05) is 0 Å². The van der Waals surface area contributed by atoms with Gasteiger partial charge in [-0.3, -0.25) is 4.79 Å². The number of hydrogen-bond acceptors (Lipinski definition) is 5. The van der Waals surface area contributed by atoms with Gasteiger partial charge in [0.2, 0.25) is 5.91 Å². The number of imide groups is 1. The summed E-state index contributed by atoms with van der Waals surface area (Å²) >= 11 is 0. The second-order valence-electron chi connectivity index (χ2n) is 4.69. The molecule has 0 bridgehead atoms. The van der Waals surface area contributed by atoms with E-state index in [1.54, 1.807) is 26.0 Å². The first-order valence-electron chi connectivity index (χ1n) is 6.77. The molecule has 2 atom stereocenters. The molecule has 1 aliphatic rings. The quantitative estimate of drug-likeness (QED) is 0.789. The van der Waals surface area contributed by atoms with E-state index in [0.29, 0.717) is 0 Å². The van der Waals surface area contributed by atoms with Gasteiger partial charge < -0.3 is 9.47 Å². The second kappa shape index (κ2) is 6.39. The van der Waals surface area contributed by atoms with Gasteiger partial charge in [-0.05, 0) is 19.4 Å². The van der Waals surface area contributed by atoms with E-state index < -0.39 is 29.9 Å². The number of amides is 2. The summed E-state index contributed by atoms with van der Waals surface area (Å²) in [5, 5.41) is 0. The van der Waals surface area contributed by atoms with Crippen LogP contribution in [0.4, 0.5) is 4.79 Å². The molecule has 6 heteroatoms. The first kappa shape index (κ1) is 15.0. The third kappa shape index (κ3) is 3.04. The maximum absolute atomic E-state index is 12.5. The summed E-state index contributed by atoms with van der Waals surface area (Å²) in [6.45, 7) is 3.37. The highest BCUT2D eigenvalue weighted by Gasteiger charge is 2.44. The lowest BCUT2D eigenvalue weighted by molar-refractivity contribution is -0.151. The van der Waals surface area contributed by atoms with E-state index in [0.717, 1.165) is 10.5 Å². The third-order valence-corrected chi connectivity index (χ3v) is 3.34. The number of benzene rings is 1. The summed E-state index contributed by atoms with van der Waals surface area (Å²) in [7, 11) is 0. The number of nitrogens with zero attached hydrogens (tertiary/aromatic N) is 1. The van der Waals surface area contributed by atoms with E-state index in [4.69, 9.17) is 9.47 Å². The van der Waals surface area contributed by atoms with Crippen molar-refractivity contribution in [3.8, 4) is 0 Å². The van der Waals surface area contributed by atoms with Crippen LogP contribution in [-0.2, 0) is 19.1 Å². The molecular weight excluding hydrogens is 274 g/mol. The van der Waals surface area contributed by atoms with E-state index in [9.17, 15) is 14.4 Å². The Balaban J connectivity index is 2.19. The van der Waals surface area contributed by atoms with Crippen molar-refractivity contribution in [1.29, 1.82) is 0 Å². The standard InChI is InChI=1S/C15H17NO5/c1-3-20-14(18)12-9-21-15(19)16(12)13(17)10(2)11-7-5-4-6-8-11/h4-8,10,12H,3,9H2,1-2H3/t10-,12-/m0/s1. The fraction of sp³-hybridized carbons (Fsp3) is 0.400. The fourth-order valence-electron chi connectivity index (χ4n) is 2.17. The van der Waals surface area contributed by atoms with E-state index in [1.807, 2.05) is 18.2 Å². The predicted octanol–water partition coefficient (Wildman–Crippen LogP) is 1.70. The minimum atomic E-state index is -1.00. The van der Waals surface area contributed by atoms with E-state index in [1.165, 1.54) is 0 Å². The van der Waals surface area contributed by atoms with Crippen LogP contribution in [0.25, 0.3) is 0 Å². The van der Waals surface area contributed by atoms with Gasteiger partial charge in [-0.15, -0.1) is 0 Å². The number of esters is 1. The Hall–Kier alpha value is -2.37. The third-order valence-electron chi connectivity index (χ3n) is 3.34. The Morgan fingerprint density at radius 2 is 2.05 bits per heavy atom. The smallest absolute Gasteiger partial charge is 0.417 e. The first-order valence-corrected chi connectivity index (χ1v) is 6.77. The number of ether oxygens (including phenoxy) is 2. The molecule has 6 nitrogen and oxygen atoms in total. The Labute approximate surface area is 122 Å². The molecule has 2 amide bonds. The molecule has 1 aromatic rings. The van der Waals surface area contributed by atoms with Crippen LogP contribution < -0.4 is 0 Å². The molecule has 0 saturated carbocycles. The average Bonchev–Trinajstić information content (AvgIpc) is 2.88. The van der Waals surface area contributed by atoms with Gasteiger partial charge in [-0.1, -0.05) is 30.3 Å². The molecule has 1 fully saturated rings. The normalized spacial score (nSPS) is 19.0. The molecule has 1 saturated heterocycles. The highest BCUT2D eigenvalue weighted by molar-refractivity contribution is 6.01. The lowest BCUT2D eigenvalue weighted by Crippen LogP contribution is -2.46. The van der Waals surface area contributed by atoms with E-state index >= 15 is 0 Å². The lowest BCUT2D eigenvalue weighted by atomic mass is 9.99. The van der Waals surface area contributed by atoms with Gasteiger partial charge in [0.05, 0.1) is 12.5 Å². The molecule has 1 heterocycles. The van der Waals surface area contributed by atoms with Crippen molar-refractivity contribution in [1.82, 2.24) is 4.90 Å². The molecule has 1 aliphatic heterocycles. The van der Waals surface area contributed by atoms with Crippen LogP contribution in [0.2, 0.25) is 0 Å². The molecule has 112 valence electrons. The van der Waals surface area contributed by atoms with Gasteiger partial charge >= 0.3 is 12.1 Å². The zero-order valence-electron chi connectivity index (χ0n) is 11.9. The largest absolute Gasteiger partial charge is 0.464 e. The summed E-state index contributed by atoms with van der Waals surface area (Å²) in [6, 6.07) is 8.05. The number of carbonyl (C=O) groups excluding carboxylic acids is 3. The molecule has 21 heavy (non-hydrogen) atoms. The van der Waals surface area contributed by atoms with Crippen molar-refractivity contribution in [3.05, 3.63) is 35.9 Å². The summed E-state index contributed by atoms with van der Waals surface area (Å²) < 4.78 is 9.69. The molecule has 0 unspecified atom stereocenters. The second-order valence-corrected chi connectivity index (χ2v) is 4.69. The van der Waals surface area contributed by atoms with Gasteiger partial charge in [0.1, 0.15) is 6.61 Å². The SMILES string of the molecule is CCOC(=O)[C@@H]1COC(=O)N1C(=O)[C@@H](C)c1ccccc1. The molecule has 0 radical (unpaired) electrons. The number of hydrogen-bond donors (Lipinski definition) is 0. The molecule has 0 spiro atoms. The Bertz CT molecular complexity index is 542. The van der Waals surface area contributed by atoms with Crippen LogP contribution in [0.15, 0.2) is 30.3 Å². The van der Waals surface area contributed by atoms with Crippen molar-refractivity contribution < 1.29 is 23.9 Å². The van der Waals surface area contributed by atoms with Crippen molar-refractivity contribution in [3.63, 3.8) is 0 Å². The minimum absolute atomic E-state index is 0.162. The predicted molar refractivity (Wildman–Crippen MR) is 73.5 cm³/mol. The van der Waals surface area contributed by atoms with Crippen molar-refractivity contribution >= 4 is 18.0 Å². The van der Waals surface area contributed by atoms with Crippen molar-refractivity contribution in [2.45, 2.75) is 25.8 Å². The average molecular weight is 291 g/mol. The molecule has 0 aliphatic carbocycles. The van der Waals surface area contributed by atoms with Crippen LogP contribution in [0.5, 0.6) is 0 Å². The summed E-state index contributed by atoms with van der Waals surface area (Å²) in [4.78, 5) is 36.9. The van der Waals surface area contributed by atoms with Crippen LogP contribution in [0.1, 0.15) is 25.3 Å². The molecule has 2 rings (SSSR count). The lowest BCUT2D eigenvalue weighted by Gasteiger charge is -2.21. The Kier molecular flexibility index (Phi) is 4.57. The van der Waals surface area contributed by atoms with Crippen LogP contribution >= 0.6 is 0 Å². The molecule has 1 aromatic carbocycles. The number of cyclic esters (lactones) is 1. The van der Waals surface area contributed by atoms with Gasteiger partial charge in [0.25, 0.3) is 0 Å². The van der Waals surface area contributed by atoms with Crippen LogP contribution in [0, 0.1) is 0 Å². The zero-order valence-corrected chi connectivity index (χ0v) is 11.9. The van der Waals surface area contributed by atoms with Crippen molar-refractivity contribution in [2.24, 2.45) is 0 Å². The minimum Gasteiger partial charge on any atom is -0.464 e. The fourth-order valence-corrected chi connectivity index (χ4v) is 2.17. The molecule has 0 N–H and O–H groups in total. The highest BCUT2D eigenvalue weighted by Crippen LogP contribution is 2.23. The molecule has 0 aromatic heterocycles. The van der Waals surface area contributed by atoms with Crippen LogP contribution in [-0.4, -0.2) is 42.1 Å². The van der Waals surface area contributed by atoms with Crippen LogP contribution in [0.3, 0.4) is 0 Å². The number of carbonyl (C=O) groups is 3. The van der Waals surface area contributed by atoms with E-state index in [2.05, 4.69) is 0 Å². The Morgan fingerprint density at radius 1 is 1.38 bits per heavy atom. The van der Waals surface area contributed by atoms with Gasteiger partial charge in [-0.25, -0.2) is 14.5 Å². The monoisotopic (exact) mass is 291 g/mol. The topological polar surface area (TPSA) is 72.9 Å². The summed E-state index contributed by atoms with van der Waals surface area (Å²) in [5.74, 6) is -1.65. The van der Waals surface area contributed by atoms with Crippen molar-refractivity contribution in [2.75, 3.05) is 13.2 Å². The maximum Gasteiger partial charge on any atom is 0.417 e. The number of rotatable bonds is 4. The van der Waals surface area contributed by atoms with Gasteiger partial charge in [0.15, 0.2) is 6.04 Å². The van der Waals surface area contributed by atoms with Gasteiger partial charge in [-0.2, -0.15) is 0 Å². The maximum atomic E-state index is 12.5. The first-order chi connectivity index (χ1) is 10.1.